The summed E-state index contributed by atoms with van der Waals surface area (Å²) in [6.45, 7) is 1.94. The maximum absolute atomic E-state index is 12.0. The normalized spacial score (nSPS) is 11.6. The van der Waals surface area contributed by atoms with Crippen molar-refractivity contribution >= 4 is 29.3 Å². The van der Waals surface area contributed by atoms with Crippen LogP contribution in [0, 0.1) is 0 Å². The monoisotopic (exact) mass is 313 g/mol. The minimum absolute atomic E-state index is 0.0147. The fraction of sp³-hybridized carbons (Fsp3) is 0.429. The van der Waals surface area contributed by atoms with Crippen LogP contribution in [0.3, 0.4) is 0 Å². The smallest absolute Gasteiger partial charge is 0.335 e. The molecule has 2 N–H and O–H groups in total. The van der Waals surface area contributed by atoms with Gasteiger partial charge in [-0.15, -0.1) is 0 Å². The second-order valence-electron chi connectivity index (χ2n) is 4.36. The zero-order chi connectivity index (χ0) is 16.0. The van der Waals surface area contributed by atoms with Gasteiger partial charge >= 0.3 is 5.97 Å². The van der Waals surface area contributed by atoms with Crippen LogP contribution in [-0.2, 0) is 4.79 Å². The standard InChI is InChI=1S/C14H19NO5S/c1-8(21-4)5-12(16)15-10-6-9(14(17)18)7-11(19-2)13(10)20-3/h6-8H,5H2,1-4H3,(H,15,16)(H,17,18). The minimum Gasteiger partial charge on any atom is -0.493 e. The van der Waals surface area contributed by atoms with Crippen molar-refractivity contribution in [1.82, 2.24) is 0 Å². The first-order valence-corrected chi connectivity index (χ1v) is 7.53. The van der Waals surface area contributed by atoms with Crippen LogP contribution in [0.4, 0.5) is 5.69 Å². The summed E-state index contributed by atoms with van der Waals surface area (Å²) in [5.41, 5.74) is 0.299. The summed E-state index contributed by atoms with van der Waals surface area (Å²) in [6, 6.07) is 2.70. The van der Waals surface area contributed by atoms with Crippen molar-refractivity contribution in [1.29, 1.82) is 0 Å². The number of thioether (sulfide) groups is 1. The molecular formula is C14H19NO5S. The number of amides is 1. The van der Waals surface area contributed by atoms with Gasteiger partial charge in [-0.1, -0.05) is 6.92 Å². The molecule has 0 aromatic heterocycles. The van der Waals surface area contributed by atoms with E-state index in [0.29, 0.717) is 12.2 Å². The lowest BCUT2D eigenvalue weighted by molar-refractivity contribution is -0.116. The number of aromatic carboxylic acids is 1. The zero-order valence-electron chi connectivity index (χ0n) is 12.4. The number of methoxy groups -OCH3 is 2. The van der Waals surface area contributed by atoms with Gasteiger partial charge in [-0.3, -0.25) is 4.79 Å². The second-order valence-corrected chi connectivity index (χ2v) is 5.64. The molecule has 21 heavy (non-hydrogen) atoms. The summed E-state index contributed by atoms with van der Waals surface area (Å²) in [5, 5.41) is 11.9. The lowest BCUT2D eigenvalue weighted by atomic mass is 10.1. The average Bonchev–Trinajstić information content (AvgIpc) is 2.45. The van der Waals surface area contributed by atoms with E-state index in [1.807, 2.05) is 13.2 Å². The van der Waals surface area contributed by atoms with Crippen molar-refractivity contribution in [3.63, 3.8) is 0 Å². The highest BCUT2D eigenvalue weighted by molar-refractivity contribution is 7.99. The van der Waals surface area contributed by atoms with Gasteiger partial charge in [0.15, 0.2) is 11.5 Å². The largest absolute Gasteiger partial charge is 0.493 e. The molecule has 1 aromatic rings. The lowest BCUT2D eigenvalue weighted by Gasteiger charge is -2.15. The van der Waals surface area contributed by atoms with Gasteiger partial charge in [0.25, 0.3) is 0 Å². The Kier molecular flexibility index (Phi) is 6.36. The highest BCUT2D eigenvalue weighted by atomic mass is 32.2. The van der Waals surface area contributed by atoms with Crippen molar-refractivity contribution in [3.8, 4) is 11.5 Å². The zero-order valence-corrected chi connectivity index (χ0v) is 13.2. The number of carboxylic acid groups (broad SMARTS) is 1. The number of benzene rings is 1. The van der Waals surface area contributed by atoms with Crippen LogP contribution >= 0.6 is 11.8 Å². The molecule has 0 radical (unpaired) electrons. The van der Waals surface area contributed by atoms with E-state index in [0.717, 1.165) is 0 Å². The van der Waals surface area contributed by atoms with E-state index in [1.165, 1.54) is 26.4 Å². The van der Waals surface area contributed by atoms with E-state index in [9.17, 15) is 9.59 Å². The Morgan fingerprint density at radius 3 is 2.48 bits per heavy atom. The van der Waals surface area contributed by atoms with E-state index in [4.69, 9.17) is 14.6 Å². The van der Waals surface area contributed by atoms with Crippen LogP contribution in [0.1, 0.15) is 23.7 Å². The molecule has 0 heterocycles. The molecule has 0 saturated carbocycles. The van der Waals surface area contributed by atoms with Gasteiger partial charge in [0, 0.05) is 11.7 Å². The summed E-state index contributed by atoms with van der Waals surface area (Å²) in [6.07, 6.45) is 2.25. The molecule has 0 aliphatic carbocycles. The number of ether oxygens (including phenoxy) is 2. The molecule has 116 valence electrons. The van der Waals surface area contributed by atoms with Gasteiger partial charge in [0.2, 0.25) is 5.91 Å². The molecule has 1 aromatic carbocycles. The van der Waals surface area contributed by atoms with Gasteiger partial charge in [-0.25, -0.2) is 4.79 Å². The Balaban J connectivity index is 3.11. The first-order chi connectivity index (χ1) is 9.92. The Labute approximate surface area is 127 Å². The number of nitrogens with one attached hydrogen (secondary N) is 1. The van der Waals surface area contributed by atoms with Crippen LogP contribution in [0.15, 0.2) is 12.1 Å². The quantitative estimate of drug-likeness (QED) is 0.804. The van der Waals surface area contributed by atoms with Crippen molar-refractivity contribution in [2.75, 3.05) is 25.8 Å². The summed E-state index contributed by atoms with van der Waals surface area (Å²) >= 11 is 1.58. The number of hydrogen-bond donors (Lipinski definition) is 2. The Bertz CT molecular complexity index is 532. The van der Waals surface area contributed by atoms with Crippen LogP contribution in [0.5, 0.6) is 11.5 Å². The summed E-state index contributed by atoms with van der Waals surface area (Å²) < 4.78 is 10.3. The van der Waals surface area contributed by atoms with E-state index < -0.39 is 5.97 Å². The van der Waals surface area contributed by atoms with Gasteiger partial charge in [0.1, 0.15) is 0 Å². The number of anilines is 1. The lowest BCUT2D eigenvalue weighted by Crippen LogP contribution is -2.17. The molecule has 0 aliphatic rings. The SMILES string of the molecule is COc1cc(C(=O)O)cc(NC(=O)CC(C)SC)c1OC. The number of carbonyl (C=O) groups excluding carboxylic acids is 1. The highest BCUT2D eigenvalue weighted by Crippen LogP contribution is 2.36. The van der Waals surface area contributed by atoms with Crippen LogP contribution in [0.25, 0.3) is 0 Å². The number of carboxylic acids is 1. The molecule has 6 nitrogen and oxygen atoms in total. The van der Waals surface area contributed by atoms with Gasteiger partial charge in [0.05, 0.1) is 25.5 Å². The predicted octanol–water partition coefficient (Wildman–Crippen LogP) is 2.48. The van der Waals surface area contributed by atoms with Crippen LogP contribution < -0.4 is 14.8 Å². The van der Waals surface area contributed by atoms with Crippen molar-refractivity contribution in [2.24, 2.45) is 0 Å². The predicted molar refractivity (Wildman–Crippen MR) is 82.7 cm³/mol. The molecule has 0 aliphatic heterocycles. The Hall–Kier alpha value is -1.89. The van der Waals surface area contributed by atoms with Crippen molar-refractivity contribution in [3.05, 3.63) is 17.7 Å². The third-order valence-corrected chi connectivity index (χ3v) is 3.85. The van der Waals surface area contributed by atoms with E-state index in [1.54, 1.807) is 11.8 Å². The molecule has 0 bridgehead atoms. The summed E-state index contributed by atoms with van der Waals surface area (Å²) in [4.78, 5) is 23.1. The minimum atomic E-state index is -1.11. The number of hydrogen-bond acceptors (Lipinski definition) is 5. The van der Waals surface area contributed by atoms with Crippen molar-refractivity contribution < 1.29 is 24.2 Å². The third kappa shape index (κ3) is 4.56. The van der Waals surface area contributed by atoms with Gasteiger partial charge < -0.3 is 19.9 Å². The topological polar surface area (TPSA) is 84.9 Å². The summed E-state index contributed by atoms with van der Waals surface area (Å²) in [7, 11) is 2.84. The average molecular weight is 313 g/mol. The first kappa shape index (κ1) is 17.2. The summed E-state index contributed by atoms with van der Waals surface area (Å²) in [5.74, 6) is -0.762. The Morgan fingerprint density at radius 1 is 1.33 bits per heavy atom. The number of rotatable bonds is 7. The van der Waals surface area contributed by atoms with Crippen LogP contribution in [-0.4, -0.2) is 42.7 Å². The first-order valence-electron chi connectivity index (χ1n) is 6.24. The van der Waals surface area contributed by atoms with E-state index in [2.05, 4.69) is 5.32 Å². The Morgan fingerprint density at radius 2 is 2.00 bits per heavy atom. The maximum atomic E-state index is 12.0. The maximum Gasteiger partial charge on any atom is 0.335 e. The number of carbonyl (C=O) groups is 2. The molecule has 1 unspecified atom stereocenters. The molecule has 0 spiro atoms. The second kappa shape index (κ2) is 7.78. The fourth-order valence-corrected chi connectivity index (χ4v) is 2.04. The molecule has 7 heteroatoms. The third-order valence-electron chi connectivity index (χ3n) is 2.88. The van der Waals surface area contributed by atoms with Crippen LogP contribution in [0.2, 0.25) is 0 Å². The molecule has 0 saturated heterocycles. The van der Waals surface area contributed by atoms with E-state index in [-0.39, 0.29) is 28.2 Å². The van der Waals surface area contributed by atoms with Crippen molar-refractivity contribution in [2.45, 2.75) is 18.6 Å². The van der Waals surface area contributed by atoms with Gasteiger partial charge in [-0.05, 0) is 18.4 Å². The highest BCUT2D eigenvalue weighted by Gasteiger charge is 2.18. The van der Waals surface area contributed by atoms with E-state index >= 15 is 0 Å². The molecular weight excluding hydrogens is 294 g/mol. The molecule has 1 amide bonds. The molecule has 1 atom stereocenters. The van der Waals surface area contributed by atoms with Gasteiger partial charge in [-0.2, -0.15) is 11.8 Å². The molecule has 1 rings (SSSR count). The fourth-order valence-electron chi connectivity index (χ4n) is 1.73. The molecule has 0 fully saturated rings.